The van der Waals surface area contributed by atoms with Crippen LogP contribution in [0.15, 0.2) is 0 Å². The summed E-state index contributed by atoms with van der Waals surface area (Å²) in [6.07, 6.45) is 4.28. The Labute approximate surface area is 116 Å². The molecule has 0 bridgehead atoms. The van der Waals surface area contributed by atoms with Gasteiger partial charge < -0.3 is 15.4 Å². The third kappa shape index (κ3) is 11.7. The van der Waals surface area contributed by atoms with Crippen LogP contribution in [0.5, 0.6) is 0 Å². The Kier molecular flexibility index (Phi) is 10.2. The molecule has 112 valence electrons. The zero-order valence-electron chi connectivity index (χ0n) is 12.6. The van der Waals surface area contributed by atoms with Gasteiger partial charge in [-0.05, 0) is 25.7 Å². The summed E-state index contributed by atoms with van der Waals surface area (Å²) in [5.41, 5.74) is 0. The highest BCUT2D eigenvalue weighted by molar-refractivity contribution is 5.73. The molecular formula is C14H28N2O3. The molecule has 2 rings (SSSR count). The number of hydrogen-bond acceptors (Lipinski definition) is 3. The lowest BCUT2D eigenvalue weighted by atomic mass is 10.1. The van der Waals surface area contributed by atoms with Crippen LogP contribution in [0.4, 0.5) is 0 Å². The van der Waals surface area contributed by atoms with Gasteiger partial charge in [-0.2, -0.15) is 0 Å². The van der Waals surface area contributed by atoms with Crippen molar-refractivity contribution in [3.63, 3.8) is 0 Å². The van der Waals surface area contributed by atoms with Gasteiger partial charge in [0.15, 0.2) is 0 Å². The maximum Gasteiger partial charge on any atom is 0.217 e. The van der Waals surface area contributed by atoms with E-state index in [1.807, 2.05) is 13.8 Å². The zero-order valence-corrected chi connectivity index (χ0v) is 12.6. The third-order valence-electron chi connectivity index (χ3n) is 2.61. The van der Waals surface area contributed by atoms with Gasteiger partial charge in [-0.15, -0.1) is 0 Å². The average molecular weight is 272 g/mol. The molecule has 5 heteroatoms. The van der Waals surface area contributed by atoms with Crippen LogP contribution >= 0.6 is 0 Å². The number of carbonyl (C=O) groups is 2. The molecule has 0 atom stereocenters. The van der Waals surface area contributed by atoms with E-state index in [4.69, 9.17) is 4.74 Å². The van der Waals surface area contributed by atoms with Crippen LogP contribution in [-0.4, -0.2) is 37.1 Å². The second kappa shape index (κ2) is 10.8. The molecule has 2 N–H and O–H groups in total. The van der Waals surface area contributed by atoms with Crippen LogP contribution in [0, 0.1) is 0 Å². The maximum atomic E-state index is 10.6. The number of nitrogens with one attached hydrogen (secondary N) is 2. The molecule has 5 nitrogen and oxygen atoms in total. The minimum Gasteiger partial charge on any atom is -0.381 e. The zero-order chi connectivity index (χ0) is 14.7. The maximum absolute atomic E-state index is 10.6. The summed E-state index contributed by atoms with van der Waals surface area (Å²) in [7, 11) is 0. The lowest BCUT2D eigenvalue weighted by Gasteiger charge is -2.22. The fourth-order valence-electron chi connectivity index (χ4n) is 1.64. The van der Waals surface area contributed by atoms with Crippen molar-refractivity contribution in [3.8, 4) is 0 Å². The Morgan fingerprint density at radius 2 is 1.21 bits per heavy atom. The van der Waals surface area contributed by atoms with Crippen molar-refractivity contribution < 1.29 is 14.3 Å². The molecular weight excluding hydrogens is 244 g/mol. The molecule has 1 aliphatic carbocycles. The summed E-state index contributed by atoms with van der Waals surface area (Å²) in [6.45, 7) is 8.67. The molecule has 0 spiro atoms. The van der Waals surface area contributed by atoms with Crippen LogP contribution in [0.3, 0.4) is 0 Å². The Morgan fingerprint density at radius 3 is 1.47 bits per heavy atom. The first kappa shape index (κ1) is 17.9. The normalized spacial score (nSPS) is 18.1. The van der Waals surface area contributed by atoms with Gasteiger partial charge in [0.05, 0.1) is 0 Å². The minimum absolute atomic E-state index is 0.0619. The number of hydrogen-bond donors (Lipinski definition) is 2. The predicted molar refractivity (Wildman–Crippen MR) is 75.8 cm³/mol. The minimum atomic E-state index is 0.0619. The first-order chi connectivity index (χ1) is 9.08. The Bertz CT molecular complexity index is 259. The second-order valence-electron chi connectivity index (χ2n) is 4.56. The number of carbonyl (C=O) groups excluding carboxylic acids is 2. The molecule has 0 aromatic carbocycles. The first-order valence-corrected chi connectivity index (χ1v) is 7.20. The molecule has 1 aliphatic heterocycles. The van der Waals surface area contributed by atoms with Crippen molar-refractivity contribution in [2.24, 2.45) is 0 Å². The van der Waals surface area contributed by atoms with Gasteiger partial charge in [-0.25, -0.2) is 0 Å². The highest BCUT2D eigenvalue weighted by Crippen LogP contribution is 2.17. The molecule has 1 saturated carbocycles. The fourth-order valence-corrected chi connectivity index (χ4v) is 1.64. The van der Waals surface area contributed by atoms with Crippen molar-refractivity contribution in [2.75, 3.05) is 13.2 Å². The second-order valence-corrected chi connectivity index (χ2v) is 4.56. The van der Waals surface area contributed by atoms with E-state index in [1.54, 1.807) is 13.8 Å². The summed E-state index contributed by atoms with van der Waals surface area (Å²) < 4.78 is 5.13. The summed E-state index contributed by atoms with van der Waals surface area (Å²) in [6, 6.07) is 0.878. The van der Waals surface area contributed by atoms with E-state index in [0.29, 0.717) is 12.1 Å². The molecule has 2 aliphatic rings. The van der Waals surface area contributed by atoms with E-state index in [0.717, 1.165) is 26.1 Å². The molecule has 19 heavy (non-hydrogen) atoms. The molecule has 0 unspecified atom stereocenters. The lowest BCUT2D eigenvalue weighted by Crippen LogP contribution is -2.37. The lowest BCUT2D eigenvalue weighted by molar-refractivity contribution is -0.120. The summed E-state index contributed by atoms with van der Waals surface area (Å²) >= 11 is 0. The van der Waals surface area contributed by atoms with Crippen LogP contribution in [0.1, 0.15) is 53.4 Å². The van der Waals surface area contributed by atoms with E-state index in [9.17, 15) is 9.59 Å². The highest BCUT2D eigenvalue weighted by atomic mass is 16.5. The van der Waals surface area contributed by atoms with Crippen molar-refractivity contribution in [1.82, 2.24) is 10.6 Å². The third-order valence-corrected chi connectivity index (χ3v) is 2.61. The van der Waals surface area contributed by atoms with Gasteiger partial charge in [-0.3, -0.25) is 9.59 Å². The van der Waals surface area contributed by atoms with E-state index in [1.165, 1.54) is 12.8 Å². The quantitative estimate of drug-likeness (QED) is 0.802. The van der Waals surface area contributed by atoms with Gasteiger partial charge in [0.25, 0.3) is 0 Å². The van der Waals surface area contributed by atoms with E-state index < -0.39 is 0 Å². The molecule has 2 amide bonds. The number of rotatable bonds is 2. The van der Waals surface area contributed by atoms with Crippen LogP contribution in [0.25, 0.3) is 0 Å². The number of ether oxygens (including phenoxy) is 1. The van der Waals surface area contributed by atoms with Gasteiger partial charge in [0.2, 0.25) is 11.8 Å². The Hall–Kier alpha value is -1.10. The summed E-state index contributed by atoms with van der Waals surface area (Å²) in [4.78, 5) is 20.7. The average Bonchev–Trinajstić information content (AvgIpc) is 3.16. The SMILES string of the molecule is CC.CC(=O)NC1CC1.CC(=O)NC1CCOCC1. The fraction of sp³-hybridized carbons (Fsp3) is 0.857. The molecule has 2 fully saturated rings. The van der Waals surface area contributed by atoms with Crippen molar-refractivity contribution in [3.05, 3.63) is 0 Å². The summed E-state index contributed by atoms with van der Waals surface area (Å²) in [5, 5.41) is 5.64. The largest absolute Gasteiger partial charge is 0.381 e. The molecule has 1 saturated heterocycles. The van der Waals surface area contributed by atoms with Crippen molar-refractivity contribution >= 4 is 11.8 Å². The van der Waals surface area contributed by atoms with E-state index in [-0.39, 0.29) is 11.8 Å². The standard InChI is InChI=1S/C7H13NO2.C5H9NO.C2H6/c1-6(9)8-7-2-4-10-5-3-7;1-4(7)6-5-2-3-5;1-2/h7H,2-5H2,1H3,(H,8,9);5H,2-3H2,1H3,(H,6,7);1-2H3. The van der Waals surface area contributed by atoms with E-state index in [2.05, 4.69) is 10.6 Å². The predicted octanol–water partition coefficient (Wildman–Crippen LogP) is 1.61. The van der Waals surface area contributed by atoms with Crippen LogP contribution in [0.2, 0.25) is 0 Å². The van der Waals surface area contributed by atoms with Crippen molar-refractivity contribution in [2.45, 2.75) is 65.5 Å². The monoisotopic (exact) mass is 272 g/mol. The molecule has 0 aromatic rings. The number of amides is 2. The smallest absolute Gasteiger partial charge is 0.217 e. The molecule has 0 radical (unpaired) electrons. The van der Waals surface area contributed by atoms with Crippen LogP contribution < -0.4 is 10.6 Å². The van der Waals surface area contributed by atoms with Crippen molar-refractivity contribution in [1.29, 1.82) is 0 Å². The van der Waals surface area contributed by atoms with Gasteiger partial charge in [0, 0.05) is 39.1 Å². The van der Waals surface area contributed by atoms with Gasteiger partial charge in [-0.1, -0.05) is 13.8 Å². The highest BCUT2D eigenvalue weighted by Gasteiger charge is 2.21. The molecule has 1 heterocycles. The van der Waals surface area contributed by atoms with Gasteiger partial charge in [0.1, 0.15) is 0 Å². The Balaban J connectivity index is 0.000000316. The first-order valence-electron chi connectivity index (χ1n) is 7.20. The summed E-state index contributed by atoms with van der Waals surface area (Å²) in [5.74, 6) is 0.161. The van der Waals surface area contributed by atoms with Crippen LogP contribution in [-0.2, 0) is 14.3 Å². The van der Waals surface area contributed by atoms with Gasteiger partial charge >= 0.3 is 0 Å². The molecule has 0 aromatic heterocycles. The van der Waals surface area contributed by atoms with E-state index >= 15 is 0 Å². The topological polar surface area (TPSA) is 67.4 Å². The Morgan fingerprint density at radius 1 is 0.842 bits per heavy atom.